The van der Waals surface area contributed by atoms with E-state index in [0.29, 0.717) is 0 Å². The van der Waals surface area contributed by atoms with Gasteiger partial charge in [-0.3, -0.25) is 4.79 Å². The standard InChI is InChI=1S/C11H15N3O4/c12-9(6-15)10(16)14(13)11(17)18-7-8-4-2-1-3-5-8/h1-5,9,15H,6-7,12-13H2/t9-/m0/s1. The van der Waals surface area contributed by atoms with Gasteiger partial charge >= 0.3 is 6.09 Å². The Morgan fingerprint density at radius 3 is 2.50 bits per heavy atom. The highest BCUT2D eigenvalue weighted by Crippen LogP contribution is 2.02. The van der Waals surface area contributed by atoms with Gasteiger partial charge in [-0.2, -0.15) is 5.01 Å². The van der Waals surface area contributed by atoms with Gasteiger partial charge in [0, 0.05) is 0 Å². The molecular formula is C11H15N3O4. The minimum Gasteiger partial charge on any atom is -0.443 e. The van der Waals surface area contributed by atoms with E-state index in [1.165, 1.54) is 0 Å². The van der Waals surface area contributed by atoms with E-state index in [2.05, 4.69) is 0 Å². The van der Waals surface area contributed by atoms with E-state index >= 15 is 0 Å². The summed E-state index contributed by atoms with van der Waals surface area (Å²) < 4.78 is 4.81. The van der Waals surface area contributed by atoms with Crippen molar-refractivity contribution in [1.82, 2.24) is 5.01 Å². The van der Waals surface area contributed by atoms with Crippen LogP contribution in [0.3, 0.4) is 0 Å². The molecule has 0 aliphatic carbocycles. The zero-order valence-corrected chi connectivity index (χ0v) is 9.65. The molecule has 2 amide bonds. The largest absolute Gasteiger partial charge is 0.443 e. The first kappa shape index (κ1) is 14.1. The molecule has 0 heterocycles. The van der Waals surface area contributed by atoms with E-state index in [1.807, 2.05) is 6.07 Å². The van der Waals surface area contributed by atoms with Crippen LogP contribution in [0.2, 0.25) is 0 Å². The summed E-state index contributed by atoms with van der Waals surface area (Å²) in [6.07, 6.45) is -1.02. The van der Waals surface area contributed by atoms with Gasteiger partial charge < -0.3 is 15.6 Å². The lowest BCUT2D eigenvalue weighted by atomic mass is 10.2. The minimum atomic E-state index is -1.24. The number of hydrazine groups is 1. The van der Waals surface area contributed by atoms with E-state index in [-0.39, 0.29) is 11.6 Å². The number of carbonyl (C=O) groups is 2. The van der Waals surface area contributed by atoms with E-state index in [1.54, 1.807) is 24.3 Å². The van der Waals surface area contributed by atoms with Crippen molar-refractivity contribution in [2.45, 2.75) is 12.6 Å². The number of imide groups is 1. The lowest BCUT2D eigenvalue weighted by Gasteiger charge is -2.17. The molecule has 1 aromatic carbocycles. The Kier molecular flexibility index (Phi) is 5.25. The smallest absolute Gasteiger partial charge is 0.431 e. The first-order chi connectivity index (χ1) is 8.56. The summed E-state index contributed by atoms with van der Waals surface area (Å²) in [7, 11) is 0. The van der Waals surface area contributed by atoms with Crippen molar-refractivity contribution in [3.63, 3.8) is 0 Å². The highest BCUT2D eigenvalue weighted by Gasteiger charge is 2.24. The van der Waals surface area contributed by atoms with Crippen LogP contribution in [-0.4, -0.2) is 34.8 Å². The van der Waals surface area contributed by atoms with Crippen LogP contribution < -0.4 is 11.6 Å². The number of nitrogens with two attached hydrogens (primary N) is 2. The highest BCUT2D eigenvalue weighted by molar-refractivity contribution is 5.94. The molecule has 5 N–H and O–H groups in total. The number of aliphatic hydroxyl groups excluding tert-OH is 1. The molecule has 0 radical (unpaired) electrons. The molecule has 0 bridgehead atoms. The van der Waals surface area contributed by atoms with Crippen molar-refractivity contribution in [3.05, 3.63) is 35.9 Å². The minimum absolute atomic E-state index is 0.00494. The van der Waals surface area contributed by atoms with Crippen molar-refractivity contribution in [2.24, 2.45) is 11.6 Å². The Labute approximate surface area is 104 Å². The second-order valence-corrected chi connectivity index (χ2v) is 3.54. The first-order valence-electron chi connectivity index (χ1n) is 5.22. The van der Waals surface area contributed by atoms with E-state index in [0.717, 1.165) is 5.56 Å². The summed E-state index contributed by atoms with van der Waals surface area (Å²) in [6.45, 7) is -0.604. The van der Waals surface area contributed by atoms with Crippen molar-refractivity contribution in [3.8, 4) is 0 Å². The molecule has 7 nitrogen and oxygen atoms in total. The van der Waals surface area contributed by atoms with Crippen LogP contribution in [-0.2, 0) is 16.1 Å². The first-order valence-corrected chi connectivity index (χ1v) is 5.22. The van der Waals surface area contributed by atoms with E-state index in [9.17, 15) is 9.59 Å². The van der Waals surface area contributed by atoms with Gasteiger partial charge in [0.25, 0.3) is 5.91 Å². The zero-order valence-electron chi connectivity index (χ0n) is 9.65. The molecule has 0 aromatic heterocycles. The number of nitrogens with zero attached hydrogens (tertiary/aromatic N) is 1. The third kappa shape index (κ3) is 3.81. The molecule has 0 aliphatic heterocycles. The second kappa shape index (κ2) is 6.70. The van der Waals surface area contributed by atoms with Crippen LogP contribution in [0, 0.1) is 0 Å². The van der Waals surface area contributed by atoms with E-state index < -0.39 is 24.6 Å². The molecule has 7 heteroatoms. The summed E-state index contributed by atoms with van der Waals surface area (Å²) in [5.41, 5.74) is 6.00. The summed E-state index contributed by atoms with van der Waals surface area (Å²) in [4.78, 5) is 22.7. The van der Waals surface area contributed by atoms with Gasteiger partial charge in [0.15, 0.2) is 0 Å². The van der Waals surface area contributed by atoms with Gasteiger partial charge in [-0.05, 0) is 5.56 Å². The van der Waals surface area contributed by atoms with Gasteiger partial charge in [-0.25, -0.2) is 10.6 Å². The molecule has 98 valence electrons. The SMILES string of the molecule is N[C@@H](CO)C(=O)N(N)C(=O)OCc1ccccc1. The Morgan fingerprint density at radius 1 is 1.33 bits per heavy atom. The zero-order chi connectivity index (χ0) is 13.5. The predicted molar refractivity (Wildman–Crippen MR) is 62.7 cm³/mol. The van der Waals surface area contributed by atoms with Crippen molar-refractivity contribution >= 4 is 12.0 Å². The molecule has 1 atom stereocenters. The second-order valence-electron chi connectivity index (χ2n) is 3.54. The molecule has 1 rings (SSSR count). The van der Waals surface area contributed by atoms with Gasteiger partial charge in [0.05, 0.1) is 6.61 Å². The number of amides is 2. The normalized spacial score (nSPS) is 11.7. The molecule has 18 heavy (non-hydrogen) atoms. The lowest BCUT2D eigenvalue weighted by molar-refractivity contribution is -0.132. The number of benzene rings is 1. The number of hydrogen-bond acceptors (Lipinski definition) is 6. The Morgan fingerprint density at radius 2 is 1.94 bits per heavy atom. The number of hydrogen-bond donors (Lipinski definition) is 3. The monoisotopic (exact) mass is 253 g/mol. The number of rotatable bonds is 4. The fourth-order valence-corrected chi connectivity index (χ4v) is 1.14. The number of aliphatic hydroxyl groups is 1. The van der Waals surface area contributed by atoms with Crippen LogP contribution in [0.1, 0.15) is 5.56 Å². The van der Waals surface area contributed by atoms with Gasteiger partial charge in [0.1, 0.15) is 12.6 Å². The number of carbonyl (C=O) groups excluding carboxylic acids is 2. The molecule has 0 saturated heterocycles. The van der Waals surface area contributed by atoms with Crippen LogP contribution in [0.25, 0.3) is 0 Å². The van der Waals surface area contributed by atoms with Crippen LogP contribution in [0.15, 0.2) is 30.3 Å². The molecule has 1 aromatic rings. The average Bonchev–Trinajstić information content (AvgIpc) is 2.43. The maximum atomic E-state index is 11.4. The topological polar surface area (TPSA) is 119 Å². The quantitative estimate of drug-likeness (QED) is 0.372. The maximum absolute atomic E-state index is 11.4. The fraction of sp³-hybridized carbons (Fsp3) is 0.273. The summed E-state index contributed by atoms with van der Waals surface area (Å²) in [5, 5.41) is 8.92. The number of ether oxygens (including phenoxy) is 1. The Hall–Kier alpha value is -1.96. The van der Waals surface area contributed by atoms with Crippen LogP contribution in [0.5, 0.6) is 0 Å². The van der Waals surface area contributed by atoms with Crippen LogP contribution in [0.4, 0.5) is 4.79 Å². The van der Waals surface area contributed by atoms with Gasteiger partial charge in [0.2, 0.25) is 0 Å². The molecule has 0 spiro atoms. The Balaban J connectivity index is 2.48. The molecule has 0 aliphatic rings. The maximum Gasteiger partial charge on any atom is 0.431 e. The van der Waals surface area contributed by atoms with E-state index in [4.69, 9.17) is 21.4 Å². The lowest BCUT2D eigenvalue weighted by Crippen LogP contribution is -2.52. The van der Waals surface area contributed by atoms with Gasteiger partial charge in [-0.1, -0.05) is 30.3 Å². The Bertz CT molecular complexity index is 410. The third-order valence-corrected chi connectivity index (χ3v) is 2.15. The highest BCUT2D eigenvalue weighted by atomic mass is 16.6. The molecule has 0 fully saturated rings. The molecular weight excluding hydrogens is 238 g/mol. The van der Waals surface area contributed by atoms with Crippen molar-refractivity contribution < 1.29 is 19.4 Å². The summed E-state index contributed by atoms with van der Waals surface area (Å²) in [5.74, 6) is 4.31. The third-order valence-electron chi connectivity index (χ3n) is 2.15. The summed E-state index contributed by atoms with van der Waals surface area (Å²) in [6, 6.07) is 7.68. The average molecular weight is 253 g/mol. The van der Waals surface area contributed by atoms with Crippen molar-refractivity contribution in [1.29, 1.82) is 0 Å². The van der Waals surface area contributed by atoms with Crippen molar-refractivity contribution in [2.75, 3.05) is 6.61 Å². The predicted octanol–water partition coefficient (Wildman–Crippen LogP) is -0.655. The summed E-state index contributed by atoms with van der Waals surface area (Å²) >= 11 is 0. The van der Waals surface area contributed by atoms with Crippen LogP contribution >= 0.6 is 0 Å². The fourth-order valence-electron chi connectivity index (χ4n) is 1.14. The van der Waals surface area contributed by atoms with Gasteiger partial charge in [-0.15, -0.1) is 0 Å². The molecule has 0 unspecified atom stereocenters. The molecule has 0 saturated carbocycles.